The number of Topliss-reactive ketones (excluding diaryl/α,β-unsaturated/α-hetero) is 1. The maximum atomic E-state index is 11.2. The van der Waals surface area contributed by atoms with Gasteiger partial charge in [0.05, 0.1) is 11.4 Å². The highest BCUT2D eigenvalue weighted by Gasteiger charge is 2.12. The number of ether oxygens (including phenoxy) is 1. The summed E-state index contributed by atoms with van der Waals surface area (Å²) < 4.78 is 5.07. The van der Waals surface area contributed by atoms with Gasteiger partial charge in [0.25, 0.3) is 0 Å². The molecule has 88 valence electrons. The molecular formula is C13H17BrO2. The fraction of sp³-hybridized carbons (Fsp3) is 0.462. The zero-order valence-corrected chi connectivity index (χ0v) is 11.3. The molecule has 0 radical (unpaired) electrons. The van der Waals surface area contributed by atoms with Crippen molar-refractivity contribution in [1.29, 1.82) is 0 Å². The van der Waals surface area contributed by atoms with Crippen molar-refractivity contribution in [3.8, 4) is 0 Å². The van der Waals surface area contributed by atoms with E-state index in [1.807, 2.05) is 12.1 Å². The normalized spacial score (nSPS) is 12.4. The lowest BCUT2D eigenvalue weighted by molar-refractivity contribution is -0.116. The molecule has 0 fully saturated rings. The second-order valence-electron chi connectivity index (χ2n) is 3.79. The van der Waals surface area contributed by atoms with Crippen molar-refractivity contribution in [3.63, 3.8) is 0 Å². The first-order valence-electron chi connectivity index (χ1n) is 5.35. The molecule has 0 aliphatic carbocycles. The maximum absolute atomic E-state index is 11.2. The van der Waals surface area contributed by atoms with Gasteiger partial charge in [0, 0.05) is 7.11 Å². The Morgan fingerprint density at radius 1 is 1.38 bits per heavy atom. The molecule has 0 N–H and O–H groups in total. The highest BCUT2D eigenvalue weighted by Crippen LogP contribution is 2.16. The van der Waals surface area contributed by atoms with Crippen molar-refractivity contribution in [2.75, 3.05) is 13.7 Å². The van der Waals surface area contributed by atoms with Crippen LogP contribution >= 0.6 is 15.9 Å². The van der Waals surface area contributed by atoms with E-state index in [4.69, 9.17) is 4.74 Å². The maximum Gasteiger partial charge on any atom is 0.143 e. The lowest BCUT2D eigenvalue weighted by atomic mass is 10.00. The Kier molecular flexibility index (Phi) is 5.71. The Balaban J connectivity index is 2.74. The molecule has 3 heteroatoms. The topological polar surface area (TPSA) is 26.3 Å². The van der Waals surface area contributed by atoms with E-state index in [9.17, 15) is 4.79 Å². The molecule has 2 nitrogen and oxygen atoms in total. The molecule has 0 saturated carbocycles. The van der Waals surface area contributed by atoms with E-state index in [1.54, 1.807) is 14.0 Å². The molecule has 0 aliphatic heterocycles. The van der Waals surface area contributed by atoms with Gasteiger partial charge in [0.2, 0.25) is 0 Å². The van der Waals surface area contributed by atoms with Crippen molar-refractivity contribution < 1.29 is 9.53 Å². The van der Waals surface area contributed by atoms with Crippen LogP contribution in [-0.4, -0.2) is 24.3 Å². The zero-order chi connectivity index (χ0) is 12.0. The van der Waals surface area contributed by atoms with Gasteiger partial charge in [-0.2, -0.15) is 0 Å². The monoisotopic (exact) mass is 284 g/mol. The molecule has 1 aromatic carbocycles. The molecular weight excluding hydrogens is 268 g/mol. The highest BCUT2D eigenvalue weighted by atomic mass is 79.9. The Morgan fingerprint density at radius 3 is 2.56 bits per heavy atom. The van der Waals surface area contributed by atoms with Crippen molar-refractivity contribution in [2.24, 2.45) is 0 Å². The summed E-state index contributed by atoms with van der Waals surface area (Å²) in [5.41, 5.74) is 2.48. The molecule has 1 atom stereocenters. The standard InChI is InChI=1S/C13H17BrO2/c1-10(15)13(14)9-12-6-4-3-5-11(12)7-8-16-2/h3-6,13H,7-9H2,1-2H3. The fourth-order valence-corrected chi connectivity index (χ4v) is 1.90. The lowest BCUT2D eigenvalue weighted by Gasteiger charge is -2.11. The third-order valence-corrected chi connectivity index (χ3v) is 3.50. The van der Waals surface area contributed by atoms with E-state index in [0.29, 0.717) is 6.61 Å². The van der Waals surface area contributed by atoms with Crippen LogP contribution in [-0.2, 0) is 22.4 Å². The number of carbonyl (C=O) groups is 1. The number of halogens is 1. The molecule has 0 bridgehead atoms. The molecule has 0 spiro atoms. The van der Waals surface area contributed by atoms with Crippen LogP contribution in [0, 0.1) is 0 Å². The number of hydrogen-bond donors (Lipinski definition) is 0. The van der Waals surface area contributed by atoms with E-state index in [1.165, 1.54) is 11.1 Å². The minimum absolute atomic E-state index is 0.0869. The first-order valence-corrected chi connectivity index (χ1v) is 6.27. The van der Waals surface area contributed by atoms with Gasteiger partial charge in [-0.25, -0.2) is 0 Å². The molecule has 0 aromatic heterocycles. The van der Waals surface area contributed by atoms with Gasteiger partial charge in [-0.1, -0.05) is 40.2 Å². The number of benzene rings is 1. The van der Waals surface area contributed by atoms with E-state index in [2.05, 4.69) is 28.1 Å². The van der Waals surface area contributed by atoms with Crippen LogP contribution in [0.4, 0.5) is 0 Å². The lowest BCUT2D eigenvalue weighted by Crippen LogP contribution is -2.14. The molecule has 0 amide bonds. The van der Waals surface area contributed by atoms with E-state index in [0.717, 1.165) is 12.8 Å². The summed E-state index contributed by atoms with van der Waals surface area (Å²) in [6, 6.07) is 8.19. The third-order valence-electron chi connectivity index (χ3n) is 2.53. The Bertz CT molecular complexity index is 350. The summed E-state index contributed by atoms with van der Waals surface area (Å²) in [6.07, 6.45) is 1.64. The van der Waals surface area contributed by atoms with Crippen LogP contribution in [0.1, 0.15) is 18.1 Å². The quantitative estimate of drug-likeness (QED) is 0.751. The summed E-state index contributed by atoms with van der Waals surface area (Å²) in [7, 11) is 1.70. The van der Waals surface area contributed by atoms with Crippen LogP contribution in [0.15, 0.2) is 24.3 Å². The van der Waals surface area contributed by atoms with Crippen molar-refractivity contribution in [3.05, 3.63) is 35.4 Å². The molecule has 1 rings (SSSR count). The predicted octanol–water partition coefficient (Wildman–Crippen LogP) is 2.77. The number of ketones is 1. The van der Waals surface area contributed by atoms with Gasteiger partial charge >= 0.3 is 0 Å². The van der Waals surface area contributed by atoms with Crippen molar-refractivity contribution in [2.45, 2.75) is 24.6 Å². The summed E-state index contributed by atoms with van der Waals surface area (Å²) in [5, 5.41) is 0. The number of methoxy groups -OCH3 is 1. The van der Waals surface area contributed by atoms with Crippen LogP contribution in [0.5, 0.6) is 0 Å². The van der Waals surface area contributed by atoms with Gasteiger partial charge in [-0.15, -0.1) is 0 Å². The second-order valence-corrected chi connectivity index (χ2v) is 4.90. The molecule has 0 heterocycles. The van der Waals surface area contributed by atoms with E-state index in [-0.39, 0.29) is 10.6 Å². The summed E-state index contributed by atoms with van der Waals surface area (Å²) in [6.45, 7) is 2.32. The minimum Gasteiger partial charge on any atom is -0.384 e. The summed E-state index contributed by atoms with van der Waals surface area (Å²) >= 11 is 3.40. The average Bonchev–Trinajstić information content (AvgIpc) is 2.27. The van der Waals surface area contributed by atoms with Crippen molar-refractivity contribution >= 4 is 21.7 Å². The highest BCUT2D eigenvalue weighted by molar-refractivity contribution is 9.10. The SMILES string of the molecule is COCCc1ccccc1CC(Br)C(C)=O. The number of hydrogen-bond acceptors (Lipinski definition) is 2. The minimum atomic E-state index is -0.0869. The van der Waals surface area contributed by atoms with Gasteiger partial charge in [0.1, 0.15) is 5.78 Å². The van der Waals surface area contributed by atoms with Gasteiger partial charge in [0.15, 0.2) is 0 Å². The van der Waals surface area contributed by atoms with Crippen LogP contribution in [0.3, 0.4) is 0 Å². The van der Waals surface area contributed by atoms with Crippen molar-refractivity contribution in [1.82, 2.24) is 0 Å². The largest absolute Gasteiger partial charge is 0.384 e. The number of carbonyl (C=O) groups excluding carboxylic acids is 1. The molecule has 1 unspecified atom stereocenters. The summed E-state index contributed by atoms with van der Waals surface area (Å²) in [5.74, 6) is 0.168. The van der Waals surface area contributed by atoms with Gasteiger partial charge < -0.3 is 4.74 Å². The predicted molar refractivity (Wildman–Crippen MR) is 69.1 cm³/mol. The Morgan fingerprint density at radius 2 is 2.00 bits per heavy atom. The van der Waals surface area contributed by atoms with E-state index < -0.39 is 0 Å². The molecule has 1 aromatic rings. The first kappa shape index (κ1) is 13.4. The van der Waals surface area contributed by atoms with Crippen LogP contribution < -0.4 is 0 Å². The molecule has 16 heavy (non-hydrogen) atoms. The fourth-order valence-electron chi connectivity index (χ4n) is 1.55. The molecule has 0 saturated heterocycles. The zero-order valence-electron chi connectivity index (χ0n) is 9.70. The second kappa shape index (κ2) is 6.81. The Hall–Kier alpha value is -0.670. The van der Waals surface area contributed by atoms with Gasteiger partial charge in [-0.3, -0.25) is 4.79 Å². The summed E-state index contributed by atoms with van der Waals surface area (Å²) in [4.78, 5) is 11.1. The molecule has 0 aliphatic rings. The van der Waals surface area contributed by atoms with Gasteiger partial charge in [-0.05, 0) is 30.9 Å². The number of rotatable bonds is 6. The van der Waals surface area contributed by atoms with Crippen LogP contribution in [0.25, 0.3) is 0 Å². The smallest absolute Gasteiger partial charge is 0.143 e. The van der Waals surface area contributed by atoms with E-state index >= 15 is 0 Å². The Labute approximate surface area is 105 Å². The van der Waals surface area contributed by atoms with Crippen LogP contribution in [0.2, 0.25) is 0 Å². The first-order chi connectivity index (χ1) is 7.65. The average molecular weight is 285 g/mol. The number of alkyl halides is 1. The third kappa shape index (κ3) is 4.06.